The second-order valence-electron chi connectivity index (χ2n) is 7.73. The van der Waals surface area contributed by atoms with Gasteiger partial charge in [-0.25, -0.2) is 22.9 Å². The van der Waals surface area contributed by atoms with Gasteiger partial charge in [-0.15, -0.1) is 11.3 Å². The number of halogens is 3. The smallest absolute Gasteiger partial charge is 0.345 e. The minimum absolute atomic E-state index is 0.00173. The quantitative estimate of drug-likeness (QED) is 0.547. The van der Waals surface area contributed by atoms with Crippen LogP contribution in [0.2, 0.25) is 0 Å². The van der Waals surface area contributed by atoms with E-state index in [0.717, 1.165) is 11.3 Å². The van der Waals surface area contributed by atoms with E-state index in [0.29, 0.717) is 21.5 Å². The number of hydrogen-bond donors (Lipinski definition) is 2. The number of amides is 1. The molecule has 6 nitrogen and oxygen atoms in total. The lowest BCUT2D eigenvalue weighted by Gasteiger charge is -2.24. The summed E-state index contributed by atoms with van der Waals surface area (Å²) in [4.78, 5) is 31.2. The molecule has 1 amide bonds. The summed E-state index contributed by atoms with van der Waals surface area (Å²) >= 11 is 1.03. The van der Waals surface area contributed by atoms with Crippen molar-refractivity contribution in [1.82, 2.24) is 4.98 Å². The highest BCUT2D eigenvalue weighted by atomic mass is 32.1. The molecule has 1 saturated heterocycles. The Morgan fingerprint density at radius 2 is 1.97 bits per heavy atom. The maximum atomic E-state index is 13.9. The molecule has 0 bridgehead atoms. The van der Waals surface area contributed by atoms with Crippen LogP contribution in [0.3, 0.4) is 0 Å². The van der Waals surface area contributed by atoms with Gasteiger partial charge in [0.15, 0.2) is 0 Å². The molecule has 0 spiro atoms. The van der Waals surface area contributed by atoms with Gasteiger partial charge in [-0.3, -0.25) is 4.79 Å². The van der Waals surface area contributed by atoms with Crippen molar-refractivity contribution in [3.8, 4) is 0 Å². The Labute approximate surface area is 185 Å². The Balaban J connectivity index is 1.75. The number of alkyl halides is 2. The van der Waals surface area contributed by atoms with Crippen molar-refractivity contribution < 1.29 is 27.9 Å². The highest BCUT2D eigenvalue weighted by Gasteiger charge is 2.33. The Morgan fingerprint density at radius 3 is 2.69 bits per heavy atom. The molecule has 1 fully saturated rings. The first-order chi connectivity index (χ1) is 15.1. The number of nitrogens with zero attached hydrogens (tertiary/aromatic N) is 2. The number of anilines is 2. The number of nitrogens with one attached hydrogen (secondary N) is 1. The maximum Gasteiger partial charge on any atom is 0.345 e. The molecule has 0 unspecified atom stereocenters. The molecule has 168 valence electrons. The number of carbonyl (C=O) groups is 2. The fourth-order valence-electron chi connectivity index (χ4n) is 3.72. The standard InChI is InChI=1S/C22H20F3N3O3S/c1-12-16(11-18(32-12)21(30)31)27-20(29)15-9-13-3-4-14(23)10-17(13)26-19(15)28-7-2-5-22(24,25)6-8-28/h3-4,9-11H,2,5-8H2,1H3,(H,27,29)(H,30,31). The average Bonchev–Trinajstić information content (AvgIpc) is 2.99. The molecule has 3 aromatic rings. The first kappa shape index (κ1) is 22.1. The molecule has 0 saturated carbocycles. The average molecular weight is 463 g/mol. The normalized spacial score (nSPS) is 16.1. The zero-order valence-electron chi connectivity index (χ0n) is 17.1. The molecule has 10 heteroatoms. The van der Waals surface area contributed by atoms with Crippen LogP contribution in [-0.4, -0.2) is 41.0 Å². The fourth-order valence-corrected chi connectivity index (χ4v) is 4.53. The Hall–Kier alpha value is -3.14. The van der Waals surface area contributed by atoms with Crippen LogP contribution in [0.15, 0.2) is 30.3 Å². The highest BCUT2D eigenvalue weighted by Crippen LogP contribution is 2.33. The molecule has 1 aromatic carbocycles. The summed E-state index contributed by atoms with van der Waals surface area (Å²) in [7, 11) is 0. The minimum Gasteiger partial charge on any atom is -0.477 e. The molecular weight excluding hydrogens is 443 g/mol. The van der Waals surface area contributed by atoms with E-state index in [1.165, 1.54) is 24.3 Å². The summed E-state index contributed by atoms with van der Waals surface area (Å²) in [6.07, 6.45) is -0.398. The van der Waals surface area contributed by atoms with Crippen LogP contribution in [-0.2, 0) is 0 Å². The number of benzene rings is 1. The number of carboxylic acids is 1. The summed E-state index contributed by atoms with van der Waals surface area (Å²) in [5.74, 6) is -4.73. The van der Waals surface area contributed by atoms with E-state index >= 15 is 0 Å². The Bertz CT molecular complexity index is 1210. The molecule has 2 aromatic heterocycles. The van der Waals surface area contributed by atoms with Gasteiger partial charge in [0.1, 0.15) is 16.5 Å². The van der Waals surface area contributed by atoms with Crippen LogP contribution >= 0.6 is 11.3 Å². The fraction of sp³-hybridized carbons (Fsp3) is 0.318. The predicted molar refractivity (Wildman–Crippen MR) is 117 cm³/mol. The third kappa shape index (κ3) is 4.55. The van der Waals surface area contributed by atoms with Gasteiger partial charge in [0.05, 0.1) is 16.8 Å². The van der Waals surface area contributed by atoms with Gasteiger partial charge in [0, 0.05) is 42.3 Å². The molecule has 0 aliphatic carbocycles. The highest BCUT2D eigenvalue weighted by molar-refractivity contribution is 7.14. The third-order valence-corrected chi connectivity index (χ3v) is 6.44. The number of thiophene rings is 1. The zero-order valence-corrected chi connectivity index (χ0v) is 17.9. The minimum atomic E-state index is -2.79. The molecule has 0 radical (unpaired) electrons. The lowest BCUT2D eigenvalue weighted by molar-refractivity contribution is -0.0102. The predicted octanol–water partition coefficient (Wildman–Crippen LogP) is 5.32. The number of carboxylic acid groups (broad SMARTS) is 1. The molecule has 4 rings (SSSR count). The molecule has 1 aliphatic rings. The number of hydrogen-bond acceptors (Lipinski definition) is 5. The van der Waals surface area contributed by atoms with Crippen LogP contribution in [0.1, 0.15) is 44.2 Å². The van der Waals surface area contributed by atoms with Gasteiger partial charge in [-0.1, -0.05) is 0 Å². The van der Waals surface area contributed by atoms with Crippen molar-refractivity contribution in [3.63, 3.8) is 0 Å². The van der Waals surface area contributed by atoms with E-state index < -0.39 is 23.6 Å². The number of rotatable bonds is 4. The number of carbonyl (C=O) groups excluding carboxylic acids is 1. The summed E-state index contributed by atoms with van der Waals surface area (Å²) in [5.41, 5.74) is 0.814. The first-order valence-electron chi connectivity index (χ1n) is 10.0. The second-order valence-corrected chi connectivity index (χ2v) is 8.99. The largest absolute Gasteiger partial charge is 0.477 e. The van der Waals surface area contributed by atoms with Crippen LogP contribution < -0.4 is 10.2 Å². The van der Waals surface area contributed by atoms with E-state index in [9.17, 15) is 27.9 Å². The van der Waals surface area contributed by atoms with E-state index in [2.05, 4.69) is 10.3 Å². The molecule has 1 aliphatic heterocycles. The lowest BCUT2D eigenvalue weighted by Crippen LogP contribution is -2.29. The van der Waals surface area contributed by atoms with Crippen molar-refractivity contribution in [3.05, 3.63) is 51.5 Å². The lowest BCUT2D eigenvalue weighted by atomic mass is 10.1. The number of aryl methyl sites for hydroxylation is 1. The van der Waals surface area contributed by atoms with Crippen molar-refractivity contribution >= 4 is 45.6 Å². The van der Waals surface area contributed by atoms with Crippen LogP contribution in [0.25, 0.3) is 10.9 Å². The second kappa shape index (κ2) is 8.42. The number of fused-ring (bicyclic) bond motifs is 1. The van der Waals surface area contributed by atoms with Gasteiger partial charge in [0.2, 0.25) is 5.92 Å². The van der Waals surface area contributed by atoms with Crippen molar-refractivity contribution in [2.45, 2.75) is 32.1 Å². The van der Waals surface area contributed by atoms with E-state index in [1.54, 1.807) is 17.9 Å². The van der Waals surface area contributed by atoms with E-state index in [-0.39, 0.29) is 48.6 Å². The van der Waals surface area contributed by atoms with Gasteiger partial charge >= 0.3 is 5.97 Å². The summed E-state index contributed by atoms with van der Waals surface area (Å²) in [6.45, 7) is 1.97. The van der Waals surface area contributed by atoms with Crippen molar-refractivity contribution in [2.24, 2.45) is 0 Å². The van der Waals surface area contributed by atoms with E-state index in [1.807, 2.05) is 0 Å². The van der Waals surface area contributed by atoms with Gasteiger partial charge < -0.3 is 15.3 Å². The Kier molecular flexibility index (Phi) is 5.81. The van der Waals surface area contributed by atoms with Crippen LogP contribution in [0.4, 0.5) is 24.7 Å². The van der Waals surface area contributed by atoms with Gasteiger partial charge in [0.25, 0.3) is 5.91 Å². The summed E-state index contributed by atoms with van der Waals surface area (Å²) in [5, 5.41) is 12.4. The van der Waals surface area contributed by atoms with Crippen LogP contribution in [0.5, 0.6) is 0 Å². The van der Waals surface area contributed by atoms with Crippen molar-refractivity contribution in [1.29, 1.82) is 0 Å². The topological polar surface area (TPSA) is 82.5 Å². The number of pyridine rings is 1. The summed E-state index contributed by atoms with van der Waals surface area (Å²) < 4.78 is 41.5. The van der Waals surface area contributed by atoms with Crippen LogP contribution in [0, 0.1) is 12.7 Å². The number of aromatic nitrogens is 1. The molecule has 32 heavy (non-hydrogen) atoms. The number of aromatic carboxylic acids is 1. The Morgan fingerprint density at radius 1 is 1.19 bits per heavy atom. The SMILES string of the molecule is Cc1sc(C(=O)O)cc1NC(=O)c1cc2ccc(F)cc2nc1N1CCCC(F)(F)CC1. The van der Waals surface area contributed by atoms with Crippen molar-refractivity contribution in [2.75, 3.05) is 23.3 Å². The van der Waals surface area contributed by atoms with E-state index in [4.69, 9.17) is 0 Å². The first-order valence-corrected chi connectivity index (χ1v) is 10.8. The molecule has 2 N–H and O–H groups in total. The summed E-state index contributed by atoms with van der Waals surface area (Å²) in [6, 6.07) is 6.90. The molecular formula is C22H20F3N3O3S. The molecule has 0 atom stereocenters. The monoisotopic (exact) mass is 463 g/mol. The van der Waals surface area contributed by atoms with Gasteiger partial charge in [-0.2, -0.15) is 0 Å². The van der Waals surface area contributed by atoms with Gasteiger partial charge in [-0.05, 0) is 37.6 Å². The third-order valence-electron chi connectivity index (χ3n) is 5.40. The maximum absolute atomic E-state index is 13.9. The molecule has 3 heterocycles. The zero-order chi connectivity index (χ0) is 23.0.